The fraction of sp³-hybridized carbons (Fsp3) is 0.357. The van der Waals surface area contributed by atoms with E-state index in [0.29, 0.717) is 6.04 Å². The number of nitrogens with zero attached hydrogens (tertiary/aromatic N) is 2. The van der Waals surface area contributed by atoms with Gasteiger partial charge in [0.05, 0.1) is 5.52 Å². The minimum Gasteiger partial charge on any atom is -0.368 e. The number of para-hydroxylation sites is 1. The van der Waals surface area contributed by atoms with Gasteiger partial charge in [0.15, 0.2) is 0 Å². The fourth-order valence-electron chi connectivity index (χ4n) is 2.51. The summed E-state index contributed by atoms with van der Waals surface area (Å²) < 4.78 is 0. The maximum atomic E-state index is 4.41. The second-order valence-corrected chi connectivity index (χ2v) is 4.65. The summed E-state index contributed by atoms with van der Waals surface area (Å²) in [5, 5.41) is 4.73. The molecule has 1 saturated heterocycles. The minimum absolute atomic E-state index is 0.552. The summed E-state index contributed by atoms with van der Waals surface area (Å²) in [6, 6.07) is 11.0. The number of rotatable bonds is 1. The molecule has 1 N–H and O–H groups in total. The lowest BCUT2D eigenvalue weighted by Gasteiger charge is -2.34. The van der Waals surface area contributed by atoms with Crippen molar-refractivity contribution in [2.24, 2.45) is 0 Å². The molecular weight excluding hydrogens is 210 g/mol. The van der Waals surface area contributed by atoms with E-state index in [1.807, 2.05) is 12.3 Å². The standard InChI is InChI=1S/C14H17N3/c1-11-10-17(9-8-15-11)14-6-7-16-13-5-3-2-4-12(13)14/h2-7,11,15H,8-10H2,1H3/t11-/m0/s1. The van der Waals surface area contributed by atoms with E-state index in [1.165, 1.54) is 11.1 Å². The van der Waals surface area contributed by atoms with Crippen molar-refractivity contribution in [2.75, 3.05) is 24.5 Å². The lowest BCUT2D eigenvalue weighted by molar-refractivity contribution is 0.485. The highest BCUT2D eigenvalue weighted by Gasteiger charge is 2.17. The molecule has 0 amide bonds. The number of hydrogen-bond acceptors (Lipinski definition) is 3. The highest BCUT2D eigenvalue weighted by Crippen LogP contribution is 2.25. The first-order valence-corrected chi connectivity index (χ1v) is 6.17. The highest BCUT2D eigenvalue weighted by molar-refractivity contribution is 5.91. The summed E-state index contributed by atoms with van der Waals surface area (Å²) in [6.45, 7) is 5.42. The first kappa shape index (κ1) is 10.5. The fourth-order valence-corrected chi connectivity index (χ4v) is 2.51. The first-order chi connectivity index (χ1) is 8.34. The molecule has 0 radical (unpaired) electrons. The molecule has 3 heteroatoms. The molecule has 0 bridgehead atoms. The van der Waals surface area contributed by atoms with Gasteiger partial charge in [-0.1, -0.05) is 18.2 Å². The molecule has 0 spiro atoms. The van der Waals surface area contributed by atoms with E-state index in [0.717, 1.165) is 25.2 Å². The zero-order valence-electron chi connectivity index (χ0n) is 10.1. The Labute approximate surface area is 101 Å². The molecule has 2 heterocycles. The minimum atomic E-state index is 0.552. The summed E-state index contributed by atoms with van der Waals surface area (Å²) in [5.41, 5.74) is 2.39. The molecule has 0 unspecified atom stereocenters. The number of benzene rings is 1. The predicted molar refractivity (Wildman–Crippen MR) is 71.4 cm³/mol. The Morgan fingerprint density at radius 1 is 1.29 bits per heavy atom. The quantitative estimate of drug-likeness (QED) is 0.808. The predicted octanol–water partition coefficient (Wildman–Crippen LogP) is 2.03. The molecule has 1 aromatic carbocycles. The Kier molecular flexibility index (Phi) is 2.69. The van der Waals surface area contributed by atoms with Crippen molar-refractivity contribution < 1.29 is 0 Å². The summed E-state index contributed by atoms with van der Waals surface area (Å²) in [7, 11) is 0. The monoisotopic (exact) mass is 227 g/mol. The van der Waals surface area contributed by atoms with Crippen LogP contribution in [-0.4, -0.2) is 30.7 Å². The Hall–Kier alpha value is -1.61. The zero-order chi connectivity index (χ0) is 11.7. The lowest BCUT2D eigenvalue weighted by Crippen LogP contribution is -2.49. The smallest absolute Gasteiger partial charge is 0.0722 e. The van der Waals surface area contributed by atoms with Crippen LogP contribution < -0.4 is 10.2 Å². The summed E-state index contributed by atoms with van der Waals surface area (Å²) >= 11 is 0. The van der Waals surface area contributed by atoms with Crippen molar-refractivity contribution in [3.05, 3.63) is 36.5 Å². The Bertz CT molecular complexity index is 518. The summed E-state index contributed by atoms with van der Waals surface area (Å²) in [4.78, 5) is 6.86. The summed E-state index contributed by atoms with van der Waals surface area (Å²) in [5.74, 6) is 0. The highest BCUT2D eigenvalue weighted by atomic mass is 15.2. The maximum Gasteiger partial charge on any atom is 0.0722 e. The van der Waals surface area contributed by atoms with Crippen molar-refractivity contribution in [3.63, 3.8) is 0 Å². The first-order valence-electron chi connectivity index (χ1n) is 6.17. The SMILES string of the molecule is C[C@H]1CN(c2ccnc3ccccc23)CCN1. The number of anilines is 1. The van der Waals surface area contributed by atoms with Gasteiger partial charge in [-0.25, -0.2) is 0 Å². The van der Waals surface area contributed by atoms with Crippen LogP contribution >= 0.6 is 0 Å². The summed E-state index contributed by atoms with van der Waals surface area (Å²) in [6.07, 6.45) is 1.91. The van der Waals surface area contributed by atoms with Crippen LogP contribution in [0.4, 0.5) is 5.69 Å². The Morgan fingerprint density at radius 2 is 2.18 bits per heavy atom. The molecular formula is C14H17N3. The zero-order valence-corrected chi connectivity index (χ0v) is 10.1. The van der Waals surface area contributed by atoms with Gasteiger partial charge >= 0.3 is 0 Å². The van der Waals surface area contributed by atoms with Crippen molar-refractivity contribution in [2.45, 2.75) is 13.0 Å². The van der Waals surface area contributed by atoms with Crippen molar-refractivity contribution in [1.82, 2.24) is 10.3 Å². The maximum absolute atomic E-state index is 4.41. The largest absolute Gasteiger partial charge is 0.368 e. The van der Waals surface area contributed by atoms with E-state index in [-0.39, 0.29) is 0 Å². The van der Waals surface area contributed by atoms with Crippen LogP contribution in [0.2, 0.25) is 0 Å². The topological polar surface area (TPSA) is 28.2 Å². The van der Waals surface area contributed by atoms with Gasteiger partial charge < -0.3 is 10.2 Å². The van der Waals surface area contributed by atoms with Gasteiger partial charge in [-0.05, 0) is 19.1 Å². The van der Waals surface area contributed by atoms with E-state index >= 15 is 0 Å². The molecule has 2 aromatic rings. The van der Waals surface area contributed by atoms with E-state index in [1.54, 1.807) is 0 Å². The third-order valence-corrected chi connectivity index (χ3v) is 3.34. The van der Waals surface area contributed by atoms with E-state index < -0.39 is 0 Å². The molecule has 1 aliphatic heterocycles. The molecule has 1 atom stereocenters. The van der Waals surface area contributed by atoms with E-state index in [2.05, 4.69) is 46.4 Å². The van der Waals surface area contributed by atoms with E-state index in [9.17, 15) is 0 Å². The van der Waals surface area contributed by atoms with Crippen molar-refractivity contribution in [3.8, 4) is 0 Å². The molecule has 88 valence electrons. The van der Waals surface area contributed by atoms with Crippen LogP contribution in [0.3, 0.4) is 0 Å². The number of fused-ring (bicyclic) bond motifs is 1. The van der Waals surface area contributed by atoms with Gasteiger partial charge in [-0.3, -0.25) is 4.98 Å². The molecule has 3 rings (SSSR count). The second-order valence-electron chi connectivity index (χ2n) is 4.65. The van der Waals surface area contributed by atoms with Crippen LogP contribution in [0, 0.1) is 0 Å². The van der Waals surface area contributed by atoms with E-state index in [4.69, 9.17) is 0 Å². The van der Waals surface area contributed by atoms with Crippen LogP contribution in [0.5, 0.6) is 0 Å². The molecule has 1 aliphatic rings. The lowest BCUT2D eigenvalue weighted by atomic mass is 10.1. The van der Waals surface area contributed by atoms with Crippen LogP contribution in [0.15, 0.2) is 36.5 Å². The van der Waals surface area contributed by atoms with Gasteiger partial charge in [0.2, 0.25) is 0 Å². The van der Waals surface area contributed by atoms with Gasteiger partial charge in [-0.15, -0.1) is 0 Å². The third kappa shape index (κ3) is 1.98. The molecule has 1 fully saturated rings. The number of piperazine rings is 1. The number of aromatic nitrogens is 1. The molecule has 1 aromatic heterocycles. The second kappa shape index (κ2) is 4.34. The Balaban J connectivity index is 2.04. The average Bonchev–Trinajstić information content (AvgIpc) is 2.38. The average molecular weight is 227 g/mol. The Morgan fingerprint density at radius 3 is 3.06 bits per heavy atom. The van der Waals surface area contributed by atoms with Crippen LogP contribution in [0.25, 0.3) is 10.9 Å². The number of nitrogens with one attached hydrogen (secondary N) is 1. The molecule has 0 aliphatic carbocycles. The van der Waals surface area contributed by atoms with Crippen molar-refractivity contribution >= 4 is 16.6 Å². The normalized spacial score (nSPS) is 20.8. The van der Waals surface area contributed by atoms with Gasteiger partial charge in [-0.2, -0.15) is 0 Å². The molecule has 17 heavy (non-hydrogen) atoms. The van der Waals surface area contributed by atoms with Crippen LogP contribution in [0.1, 0.15) is 6.92 Å². The third-order valence-electron chi connectivity index (χ3n) is 3.34. The van der Waals surface area contributed by atoms with Crippen molar-refractivity contribution in [1.29, 1.82) is 0 Å². The number of pyridine rings is 1. The number of hydrogen-bond donors (Lipinski definition) is 1. The van der Waals surface area contributed by atoms with Gasteiger partial charge in [0.25, 0.3) is 0 Å². The molecule has 3 nitrogen and oxygen atoms in total. The van der Waals surface area contributed by atoms with Crippen LogP contribution in [-0.2, 0) is 0 Å². The van der Waals surface area contributed by atoms with Gasteiger partial charge in [0, 0.05) is 42.9 Å². The molecule has 0 saturated carbocycles. The van der Waals surface area contributed by atoms with Gasteiger partial charge in [0.1, 0.15) is 0 Å².